The average molecular weight is 306 g/mol. The van der Waals surface area contributed by atoms with Gasteiger partial charge in [-0.1, -0.05) is 60.7 Å². The van der Waals surface area contributed by atoms with Crippen LogP contribution in [-0.2, 0) is 11.3 Å². The minimum atomic E-state index is 0.105. The first-order chi connectivity index (χ1) is 11.3. The molecule has 3 heteroatoms. The Labute approximate surface area is 137 Å². The standard InChI is InChI=1S/C20H22N2O/c23-20(12-11-18-7-3-1-4-8-18)22-15-13-21(14-16-22)17-19-9-5-2-6-10-19/h1-12H,13-17H2/b12-11-. The van der Waals surface area contributed by atoms with Crippen LogP contribution >= 0.6 is 0 Å². The quantitative estimate of drug-likeness (QED) is 0.811. The predicted octanol–water partition coefficient (Wildman–Crippen LogP) is 3.04. The fourth-order valence-electron chi connectivity index (χ4n) is 2.81. The van der Waals surface area contributed by atoms with Crippen molar-refractivity contribution in [2.45, 2.75) is 6.54 Å². The van der Waals surface area contributed by atoms with Crippen LogP contribution in [0.25, 0.3) is 6.08 Å². The SMILES string of the molecule is O=C(/C=C\c1ccccc1)N1CCN(Cc2ccccc2)CC1. The molecule has 1 aliphatic rings. The van der Waals surface area contributed by atoms with Crippen LogP contribution in [0.5, 0.6) is 0 Å². The lowest BCUT2D eigenvalue weighted by Gasteiger charge is -2.34. The summed E-state index contributed by atoms with van der Waals surface area (Å²) in [5, 5.41) is 0. The number of carbonyl (C=O) groups is 1. The van der Waals surface area contributed by atoms with E-state index in [0.717, 1.165) is 38.3 Å². The van der Waals surface area contributed by atoms with Crippen molar-refractivity contribution < 1.29 is 4.79 Å². The van der Waals surface area contributed by atoms with Crippen molar-refractivity contribution in [3.05, 3.63) is 77.9 Å². The third-order valence-corrected chi connectivity index (χ3v) is 4.15. The van der Waals surface area contributed by atoms with Gasteiger partial charge in [0.05, 0.1) is 0 Å². The Hall–Kier alpha value is -2.39. The Morgan fingerprint density at radius 3 is 2.13 bits per heavy atom. The van der Waals surface area contributed by atoms with Crippen molar-refractivity contribution in [3.63, 3.8) is 0 Å². The summed E-state index contributed by atoms with van der Waals surface area (Å²) in [6, 6.07) is 20.4. The number of rotatable bonds is 4. The van der Waals surface area contributed by atoms with Crippen molar-refractivity contribution in [1.82, 2.24) is 9.80 Å². The van der Waals surface area contributed by atoms with E-state index in [-0.39, 0.29) is 5.91 Å². The molecule has 0 saturated carbocycles. The zero-order chi connectivity index (χ0) is 15.9. The number of carbonyl (C=O) groups excluding carboxylic acids is 1. The summed E-state index contributed by atoms with van der Waals surface area (Å²) in [7, 11) is 0. The van der Waals surface area contributed by atoms with Crippen LogP contribution in [0.2, 0.25) is 0 Å². The van der Waals surface area contributed by atoms with E-state index in [2.05, 4.69) is 29.2 Å². The minimum absolute atomic E-state index is 0.105. The third kappa shape index (κ3) is 4.54. The van der Waals surface area contributed by atoms with Crippen LogP contribution in [0.15, 0.2) is 66.7 Å². The van der Waals surface area contributed by atoms with Crippen LogP contribution in [0.1, 0.15) is 11.1 Å². The zero-order valence-electron chi connectivity index (χ0n) is 13.3. The molecule has 0 aliphatic carbocycles. The van der Waals surface area contributed by atoms with E-state index in [4.69, 9.17) is 0 Å². The van der Waals surface area contributed by atoms with Crippen LogP contribution in [0, 0.1) is 0 Å². The van der Waals surface area contributed by atoms with Gasteiger partial charge in [-0.25, -0.2) is 0 Å². The lowest BCUT2D eigenvalue weighted by molar-refractivity contribution is -0.127. The fourth-order valence-corrected chi connectivity index (χ4v) is 2.81. The van der Waals surface area contributed by atoms with Crippen molar-refractivity contribution in [2.24, 2.45) is 0 Å². The van der Waals surface area contributed by atoms with Gasteiger partial charge in [-0.3, -0.25) is 9.69 Å². The van der Waals surface area contributed by atoms with Crippen LogP contribution in [-0.4, -0.2) is 41.9 Å². The zero-order valence-corrected chi connectivity index (χ0v) is 13.3. The molecule has 1 aliphatic heterocycles. The Kier molecular flexibility index (Phi) is 5.22. The summed E-state index contributed by atoms with van der Waals surface area (Å²) in [5.74, 6) is 0.105. The molecule has 23 heavy (non-hydrogen) atoms. The molecule has 1 heterocycles. The molecular formula is C20H22N2O. The first-order valence-corrected chi connectivity index (χ1v) is 8.09. The second-order valence-corrected chi connectivity index (χ2v) is 5.83. The second kappa shape index (κ2) is 7.75. The van der Waals surface area contributed by atoms with Crippen molar-refractivity contribution in [2.75, 3.05) is 26.2 Å². The van der Waals surface area contributed by atoms with E-state index in [1.54, 1.807) is 6.08 Å². The van der Waals surface area contributed by atoms with Gasteiger partial charge >= 0.3 is 0 Å². The summed E-state index contributed by atoms with van der Waals surface area (Å²) >= 11 is 0. The number of benzene rings is 2. The summed E-state index contributed by atoms with van der Waals surface area (Å²) in [6.45, 7) is 4.41. The van der Waals surface area contributed by atoms with Gasteiger partial charge in [-0.05, 0) is 17.2 Å². The van der Waals surface area contributed by atoms with Gasteiger partial charge in [0.25, 0.3) is 0 Å². The maximum atomic E-state index is 12.3. The van der Waals surface area contributed by atoms with Gasteiger partial charge in [0, 0.05) is 38.8 Å². The lowest BCUT2D eigenvalue weighted by Crippen LogP contribution is -2.47. The molecule has 0 radical (unpaired) electrons. The number of nitrogens with zero attached hydrogens (tertiary/aromatic N) is 2. The van der Waals surface area contributed by atoms with E-state index in [9.17, 15) is 4.79 Å². The van der Waals surface area contributed by atoms with Crippen molar-refractivity contribution in [1.29, 1.82) is 0 Å². The molecule has 2 aromatic carbocycles. The van der Waals surface area contributed by atoms with E-state index >= 15 is 0 Å². The molecule has 1 amide bonds. The Morgan fingerprint density at radius 1 is 0.870 bits per heavy atom. The first-order valence-electron chi connectivity index (χ1n) is 8.09. The van der Waals surface area contributed by atoms with E-state index in [0.29, 0.717) is 0 Å². The van der Waals surface area contributed by atoms with Crippen LogP contribution in [0.4, 0.5) is 0 Å². The second-order valence-electron chi connectivity index (χ2n) is 5.83. The predicted molar refractivity (Wildman–Crippen MR) is 93.8 cm³/mol. The molecule has 0 N–H and O–H groups in total. The van der Waals surface area contributed by atoms with Gasteiger partial charge < -0.3 is 4.90 Å². The normalized spacial score (nSPS) is 15.9. The molecule has 3 nitrogen and oxygen atoms in total. The largest absolute Gasteiger partial charge is 0.337 e. The lowest BCUT2D eigenvalue weighted by atomic mass is 10.2. The van der Waals surface area contributed by atoms with Crippen LogP contribution in [0.3, 0.4) is 0 Å². The number of hydrogen-bond acceptors (Lipinski definition) is 2. The highest BCUT2D eigenvalue weighted by Crippen LogP contribution is 2.09. The third-order valence-electron chi connectivity index (χ3n) is 4.15. The molecule has 1 fully saturated rings. The number of hydrogen-bond donors (Lipinski definition) is 0. The smallest absolute Gasteiger partial charge is 0.246 e. The maximum absolute atomic E-state index is 12.3. The monoisotopic (exact) mass is 306 g/mol. The highest BCUT2D eigenvalue weighted by molar-refractivity contribution is 5.91. The molecule has 0 aromatic heterocycles. The first kappa shape index (κ1) is 15.5. The Bertz CT molecular complexity index is 644. The minimum Gasteiger partial charge on any atom is -0.337 e. The van der Waals surface area contributed by atoms with Gasteiger partial charge in [-0.2, -0.15) is 0 Å². The highest BCUT2D eigenvalue weighted by atomic mass is 16.2. The summed E-state index contributed by atoms with van der Waals surface area (Å²) in [6.07, 6.45) is 3.57. The molecule has 2 aromatic rings. The Balaban J connectivity index is 1.48. The molecular weight excluding hydrogens is 284 g/mol. The van der Waals surface area contributed by atoms with Crippen molar-refractivity contribution >= 4 is 12.0 Å². The molecule has 118 valence electrons. The molecule has 0 atom stereocenters. The maximum Gasteiger partial charge on any atom is 0.246 e. The summed E-state index contributed by atoms with van der Waals surface area (Å²) < 4.78 is 0. The Morgan fingerprint density at radius 2 is 1.48 bits per heavy atom. The van der Waals surface area contributed by atoms with E-state index in [1.165, 1.54) is 5.56 Å². The molecule has 0 spiro atoms. The van der Waals surface area contributed by atoms with Gasteiger partial charge in [0.1, 0.15) is 0 Å². The molecule has 1 saturated heterocycles. The van der Waals surface area contributed by atoms with E-state index in [1.807, 2.05) is 47.4 Å². The topological polar surface area (TPSA) is 23.6 Å². The van der Waals surface area contributed by atoms with E-state index < -0.39 is 0 Å². The summed E-state index contributed by atoms with van der Waals surface area (Å²) in [5.41, 5.74) is 2.39. The number of amides is 1. The number of piperazine rings is 1. The molecule has 3 rings (SSSR count). The molecule has 0 unspecified atom stereocenters. The summed E-state index contributed by atoms with van der Waals surface area (Å²) in [4.78, 5) is 16.6. The van der Waals surface area contributed by atoms with Crippen LogP contribution < -0.4 is 0 Å². The highest BCUT2D eigenvalue weighted by Gasteiger charge is 2.19. The van der Waals surface area contributed by atoms with Crippen molar-refractivity contribution in [3.8, 4) is 0 Å². The fraction of sp³-hybridized carbons (Fsp3) is 0.250. The van der Waals surface area contributed by atoms with Gasteiger partial charge in [0.2, 0.25) is 5.91 Å². The van der Waals surface area contributed by atoms with Gasteiger partial charge in [-0.15, -0.1) is 0 Å². The average Bonchev–Trinajstić information content (AvgIpc) is 2.62. The molecule has 0 bridgehead atoms. The van der Waals surface area contributed by atoms with Gasteiger partial charge in [0.15, 0.2) is 0 Å².